The smallest absolute Gasteiger partial charge is 0.323 e. The Balaban J connectivity index is 1.40. The zero-order valence-corrected chi connectivity index (χ0v) is 15.8. The molecule has 0 atom stereocenters. The molecule has 12 heteroatoms. The topological polar surface area (TPSA) is 171 Å². The average molecular weight is 408 g/mol. The number of hydrogen-bond acceptors (Lipinski definition) is 10. The van der Waals surface area contributed by atoms with E-state index >= 15 is 0 Å². The van der Waals surface area contributed by atoms with E-state index in [1.807, 2.05) is 54.6 Å². The van der Waals surface area contributed by atoms with Gasteiger partial charge in [0.2, 0.25) is 11.9 Å². The predicted molar refractivity (Wildman–Crippen MR) is 110 cm³/mol. The molecule has 7 N–H and O–H groups in total. The van der Waals surface area contributed by atoms with Crippen molar-refractivity contribution in [1.29, 1.82) is 0 Å². The molecule has 0 amide bonds. The van der Waals surface area contributed by atoms with Gasteiger partial charge in [0.25, 0.3) is 5.95 Å². The van der Waals surface area contributed by atoms with Crippen molar-refractivity contribution >= 4 is 23.5 Å². The minimum absolute atomic E-state index is 0.137. The molecular weight excluding hydrogens is 388 g/mol. The largest absolute Gasteiger partial charge is 0.440 e. The van der Waals surface area contributed by atoms with E-state index in [-0.39, 0.29) is 5.95 Å². The van der Waals surface area contributed by atoms with Gasteiger partial charge in [-0.05, 0) is 28.4 Å². The highest BCUT2D eigenvalue weighted by molar-refractivity contribution is 5.55. The summed E-state index contributed by atoms with van der Waals surface area (Å²) in [5.41, 5.74) is 2.68. The molecule has 30 heavy (non-hydrogen) atoms. The molecule has 4 rings (SSSR count). The first kappa shape index (κ1) is 19.2. The van der Waals surface area contributed by atoms with E-state index in [2.05, 4.69) is 35.2 Å². The fraction of sp³-hybridized carbons (Fsp3) is 0.111. The first-order chi connectivity index (χ1) is 14.6. The number of hydrogen-bond donors (Lipinski definition) is 5. The predicted octanol–water partition coefficient (Wildman–Crippen LogP) is 0.985. The van der Waals surface area contributed by atoms with Crippen LogP contribution in [0.4, 0.5) is 23.5 Å². The maximum atomic E-state index is 11.1. The van der Waals surface area contributed by atoms with Gasteiger partial charge in [0.1, 0.15) is 0 Å². The molecule has 4 aromatic rings. The van der Waals surface area contributed by atoms with Crippen molar-refractivity contribution in [2.45, 2.75) is 13.1 Å². The fourth-order valence-corrected chi connectivity index (χ4v) is 2.79. The maximum Gasteiger partial charge on any atom is 0.440 e. The fourth-order valence-electron chi connectivity index (χ4n) is 2.79. The van der Waals surface area contributed by atoms with E-state index in [1.54, 1.807) is 0 Å². The summed E-state index contributed by atoms with van der Waals surface area (Å²) in [6.45, 7) is 0.784. The van der Waals surface area contributed by atoms with Crippen LogP contribution in [0.15, 0.2) is 63.9 Å². The third kappa shape index (κ3) is 4.63. The zero-order valence-electron chi connectivity index (χ0n) is 15.8. The molecule has 0 unspecified atom stereocenters. The van der Waals surface area contributed by atoms with E-state index in [1.165, 1.54) is 10.0 Å². The lowest BCUT2D eigenvalue weighted by atomic mass is 10.2. The van der Waals surface area contributed by atoms with Crippen LogP contribution in [0.3, 0.4) is 0 Å². The number of anilines is 4. The van der Waals surface area contributed by atoms with Gasteiger partial charge in [0.05, 0.1) is 13.1 Å². The molecule has 154 valence electrons. The number of nitrogens with two attached hydrogens (primary N) is 2. The molecule has 12 nitrogen and oxygen atoms in total. The summed E-state index contributed by atoms with van der Waals surface area (Å²) in [6, 6.07) is 17.3. The van der Waals surface area contributed by atoms with Crippen LogP contribution < -0.4 is 32.8 Å². The van der Waals surface area contributed by atoms with Crippen LogP contribution in [0.2, 0.25) is 0 Å². The van der Waals surface area contributed by atoms with E-state index in [0.29, 0.717) is 25.0 Å². The number of rotatable bonds is 8. The van der Waals surface area contributed by atoms with Crippen molar-refractivity contribution in [3.63, 3.8) is 0 Å². The van der Waals surface area contributed by atoms with Gasteiger partial charge < -0.3 is 5.32 Å². The third-order valence-electron chi connectivity index (χ3n) is 4.18. The lowest BCUT2D eigenvalue weighted by molar-refractivity contribution is 0.386. The summed E-state index contributed by atoms with van der Waals surface area (Å²) < 4.78 is 4.46. The highest BCUT2D eigenvalue weighted by atomic mass is 16.5. The Morgan fingerprint density at radius 2 is 1.70 bits per heavy atom. The van der Waals surface area contributed by atoms with Gasteiger partial charge in [-0.3, -0.25) is 19.5 Å². The first-order valence-electron chi connectivity index (χ1n) is 8.99. The van der Waals surface area contributed by atoms with Crippen LogP contribution >= 0.6 is 0 Å². The average Bonchev–Trinajstić information content (AvgIpc) is 3.38. The van der Waals surface area contributed by atoms with E-state index < -0.39 is 5.76 Å². The summed E-state index contributed by atoms with van der Waals surface area (Å²) in [4.78, 5) is 17.8. The number of H-pyrrole nitrogens is 2. The second kappa shape index (κ2) is 8.46. The number of nitrogens with zero attached hydrogens (tertiary/aromatic N) is 5. The Bertz CT molecular complexity index is 1150. The van der Waals surface area contributed by atoms with Gasteiger partial charge in [0.15, 0.2) is 0 Å². The summed E-state index contributed by atoms with van der Waals surface area (Å²) in [5, 5.41) is 16.4. The van der Waals surface area contributed by atoms with Crippen LogP contribution in [0, 0.1) is 0 Å². The van der Waals surface area contributed by atoms with Gasteiger partial charge >= 0.3 is 5.76 Å². The van der Waals surface area contributed by atoms with Crippen molar-refractivity contribution in [3.8, 4) is 0 Å². The van der Waals surface area contributed by atoms with Crippen molar-refractivity contribution in [1.82, 2.24) is 25.3 Å². The minimum Gasteiger partial charge on any atom is -0.323 e. The first-order valence-corrected chi connectivity index (χ1v) is 8.99. The number of benzene rings is 2. The number of hydrazine groups is 2. The summed E-state index contributed by atoms with van der Waals surface area (Å²) in [5.74, 6) is 12.3. The Hall–Kier alpha value is -4.16. The Labute approximate surface area is 170 Å². The van der Waals surface area contributed by atoms with Crippen LogP contribution in [0.25, 0.3) is 0 Å². The molecule has 0 bridgehead atoms. The van der Waals surface area contributed by atoms with Gasteiger partial charge in [0, 0.05) is 5.69 Å². The van der Waals surface area contributed by atoms with Crippen LogP contribution in [0.1, 0.15) is 11.1 Å². The molecule has 0 saturated heterocycles. The summed E-state index contributed by atoms with van der Waals surface area (Å²) in [7, 11) is 0. The summed E-state index contributed by atoms with van der Waals surface area (Å²) in [6.07, 6.45) is 0. The normalized spacial score (nSPS) is 10.7. The standard InChI is InChI=1S/C18H20N10O2/c19-27(10-12-5-2-1-3-6-12)16-22-15(24-25-16)21-14-8-4-7-13(9-14)11-28(20)17-23-18(29)30-26-17/h1-9H,10-11,19-20H2,(H,23,26,29)(H2,21,22,24,25). The highest BCUT2D eigenvalue weighted by Gasteiger charge is 2.11. The lowest BCUT2D eigenvalue weighted by Gasteiger charge is -2.15. The second-order valence-corrected chi connectivity index (χ2v) is 6.47. The van der Waals surface area contributed by atoms with E-state index in [4.69, 9.17) is 11.7 Å². The van der Waals surface area contributed by atoms with E-state index in [0.717, 1.165) is 16.8 Å². The lowest BCUT2D eigenvalue weighted by Crippen LogP contribution is -2.31. The van der Waals surface area contributed by atoms with Gasteiger partial charge in [-0.25, -0.2) is 21.6 Å². The van der Waals surface area contributed by atoms with Crippen molar-refractivity contribution in [3.05, 3.63) is 76.3 Å². The Morgan fingerprint density at radius 3 is 2.47 bits per heavy atom. The van der Waals surface area contributed by atoms with E-state index in [9.17, 15) is 4.79 Å². The molecule has 0 radical (unpaired) electrons. The molecule has 2 aromatic heterocycles. The van der Waals surface area contributed by atoms with Gasteiger partial charge in [-0.2, -0.15) is 4.98 Å². The van der Waals surface area contributed by atoms with Crippen LogP contribution in [-0.2, 0) is 13.1 Å². The number of aromatic amines is 2. The number of nitrogens with one attached hydrogen (secondary N) is 3. The molecule has 0 fully saturated rings. The molecule has 0 saturated carbocycles. The molecule has 0 aliphatic heterocycles. The zero-order chi connectivity index (χ0) is 20.9. The molecule has 0 spiro atoms. The molecular formula is C18H20N10O2. The quantitative estimate of drug-likeness (QED) is 0.209. The second-order valence-electron chi connectivity index (χ2n) is 6.47. The third-order valence-corrected chi connectivity index (χ3v) is 4.18. The SMILES string of the molecule is NN(Cc1ccccc1)c1nc(Nc2cccc(CN(N)c3noc(=O)[nH]3)c2)n[nH]1. The highest BCUT2D eigenvalue weighted by Crippen LogP contribution is 2.18. The maximum absolute atomic E-state index is 11.1. The van der Waals surface area contributed by atoms with Crippen LogP contribution in [0.5, 0.6) is 0 Å². The Kier molecular flexibility index (Phi) is 5.41. The monoisotopic (exact) mass is 408 g/mol. The number of aromatic nitrogens is 5. The van der Waals surface area contributed by atoms with Gasteiger partial charge in [-0.15, -0.1) is 5.10 Å². The van der Waals surface area contributed by atoms with Crippen molar-refractivity contribution in [2.75, 3.05) is 15.3 Å². The molecule has 0 aliphatic carbocycles. The molecule has 2 aromatic carbocycles. The van der Waals surface area contributed by atoms with Crippen LogP contribution in [-0.4, -0.2) is 25.3 Å². The van der Waals surface area contributed by atoms with Crippen molar-refractivity contribution < 1.29 is 4.52 Å². The van der Waals surface area contributed by atoms with Gasteiger partial charge in [-0.1, -0.05) is 42.5 Å². The molecule has 2 heterocycles. The minimum atomic E-state index is -0.669. The Morgan fingerprint density at radius 1 is 0.967 bits per heavy atom. The van der Waals surface area contributed by atoms with Crippen molar-refractivity contribution in [2.24, 2.45) is 11.7 Å². The molecule has 0 aliphatic rings. The summed E-state index contributed by atoms with van der Waals surface area (Å²) >= 11 is 0.